The van der Waals surface area contributed by atoms with Crippen molar-refractivity contribution < 1.29 is 33.0 Å². The molecule has 0 atom stereocenters. The van der Waals surface area contributed by atoms with Crippen LogP contribution in [0.5, 0.6) is 5.75 Å². The fourth-order valence-electron chi connectivity index (χ4n) is 1.44. The number of carboxylic acid groups (broad SMARTS) is 2. The Morgan fingerprint density at radius 1 is 1.20 bits per heavy atom. The zero-order chi connectivity index (χ0) is 15.3. The Morgan fingerprint density at radius 3 is 2.20 bits per heavy atom. The van der Waals surface area contributed by atoms with Crippen LogP contribution < -0.4 is 4.74 Å². The molecular formula is C11H13NO7S. The van der Waals surface area contributed by atoms with Gasteiger partial charge in [0.25, 0.3) is 0 Å². The van der Waals surface area contributed by atoms with Gasteiger partial charge < -0.3 is 14.9 Å². The maximum atomic E-state index is 12.2. The molecule has 0 heterocycles. The second kappa shape index (κ2) is 6.35. The fourth-order valence-corrected chi connectivity index (χ4v) is 2.81. The van der Waals surface area contributed by atoms with Crippen molar-refractivity contribution in [1.82, 2.24) is 4.31 Å². The Kier molecular flexibility index (Phi) is 5.06. The maximum Gasteiger partial charge on any atom is 0.318 e. The molecule has 0 aromatic heterocycles. The van der Waals surface area contributed by atoms with E-state index in [9.17, 15) is 18.0 Å². The first kappa shape index (κ1) is 15.9. The molecule has 20 heavy (non-hydrogen) atoms. The number of hydrogen-bond acceptors (Lipinski definition) is 5. The first-order valence-electron chi connectivity index (χ1n) is 5.35. The second-order valence-corrected chi connectivity index (χ2v) is 5.68. The second-order valence-electron chi connectivity index (χ2n) is 3.74. The highest BCUT2D eigenvalue weighted by atomic mass is 32.2. The lowest BCUT2D eigenvalue weighted by atomic mass is 10.3. The maximum absolute atomic E-state index is 12.2. The molecule has 0 aliphatic heterocycles. The highest BCUT2D eigenvalue weighted by Gasteiger charge is 2.28. The summed E-state index contributed by atoms with van der Waals surface area (Å²) in [4.78, 5) is 21.1. The molecule has 1 aromatic rings. The minimum atomic E-state index is -4.23. The van der Waals surface area contributed by atoms with Crippen molar-refractivity contribution in [2.45, 2.75) is 4.90 Å². The van der Waals surface area contributed by atoms with Crippen molar-refractivity contribution >= 4 is 22.0 Å². The summed E-state index contributed by atoms with van der Waals surface area (Å²) < 4.78 is 29.7. The summed E-state index contributed by atoms with van der Waals surface area (Å²) in [7, 11) is -2.89. The molecule has 0 unspecified atom stereocenters. The summed E-state index contributed by atoms with van der Waals surface area (Å²) in [6, 6.07) is 5.34. The first-order chi connectivity index (χ1) is 9.27. The van der Waals surface area contributed by atoms with Gasteiger partial charge in [0.15, 0.2) is 0 Å². The topological polar surface area (TPSA) is 121 Å². The molecule has 0 spiro atoms. The molecule has 0 bridgehead atoms. The Bertz CT molecular complexity index is 595. The van der Waals surface area contributed by atoms with E-state index in [-0.39, 0.29) is 10.6 Å². The average molecular weight is 303 g/mol. The summed E-state index contributed by atoms with van der Waals surface area (Å²) in [6.07, 6.45) is 0. The Labute approximate surface area is 115 Å². The normalized spacial score (nSPS) is 11.3. The summed E-state index contributed by atoms with van der Waals surface area (Å²) >= 11 is 0. The summed E-state index contributed by atoms with van der Waals surface area (Å²) in [5, 5.41) is 17.4. The highest BCUT2D eigenvalue weighted by molar-refractivity contribution is 7.89. The number of rotatable bonds is 7. The van der Waals surface area contributed by atoms with Crippen LogP contribution in [-0.4, -0.2) is 55.1 Å². The van der Waals surface area contributed by atoms with E-state index >= 15 is 0 Å². The monoisotopic (exact) mass is 303 g/mol. The van der Waals surface area contributed by atoms with Crippen molar-refractivity contribution in [1.29, 1.82) is 0 Å². The van der Waals surface area contributed by atoms with Gasteiger partial charge in [-0.2, -0.15) is 4.31 Å². The minimum Gasteiger partial charge on any atom is -0.497 e. The predicted octanol–water partition coefficient (Wildman–Crippen LogP) is -0.145. The van der Waals surface area contributed by atoms with Crippen LogP contribution >= 0.6 is 0 Å². The van der Waals surface area contributed by atoms with E-state index in [4.69, 9.17) is 14.9 Å². The lowest BCUT2D eigenvalue weighted by molar-refractivity contribution is -0.139. The summed E-state index contributed by atoms with van der Waals surface area (Å²) in [5.74, 6) is -2.63. The number of carbonyl (C=O) groups is 2. The van der Waals surface area contributed by atoms with Crippen LogP contribution in [0, 0.1) is 0 Å². The van der Waals surface area contributed by atoms with E-state index in [1.54, 1.807) is 0 Å². The van der Waals surface area contributed by atoms with Crippen LogP contribution in [0.2, 0.25) is 0 Å². The van der Waals surface area contributed by atoms with E-state index in [0.29, 0.717) is 4.31 Å². The van der Waals surface area contributed by atoms with E-state index in [0.717, 1.165) is 0 Å². The van der Waals surface area contributed by atoms with Gasteiger partial charge in [0.2, 0.25) is 10.0 Å². The zero-order valence-corrected chi connectivity index (χ0v) is 11.3. The minimum absolute atomic E-state index is 0.237. The molecule has 0 aliphatic carbocycles. The van der Waals surface area contributed by atoms with Gasteiger partial charge in [0.05, 0.1) is 12.0 Å². The van der Waals surface area contributed by atoms with E-state index in [1.165, 1.54) is 31.4 Å². The number of sulfonamides is 1. The molecule has 0 amide bonds. The van der Waals surface area contributed by atoms with Crippen molar-refractivity contribution in [2.24, 2.45) is 0 Å². The van der Waals surface area contributed by atoms with Gasteiger partial charge in [-0.25, -0.2) is 8.42 Å². The van der Waals surface area contributed by atoms with E-state index in [1.807, 2.05) is 0 Å². The van der Waals surface area contributed by atoms with Crippen LogP contribution in [0.4, 0.5) is 0 Å². The van der Waals surface area contributed by atoms with Crippen molar-refractivity contribution in [3.8, 4) is 5.75 Å². The van der Waals surface area contributed by atoms with Crippen molar-refractivity contribution in [3.63, 3.8) is 0 Å². The molecular weight excluding hydrogens is 290 g/mol. The Hall–Kier alpha value is -2.13. The molecule has 110 valence electrons. The number of hydrogen-bond donors (Lipinski definition) is 2. The van der Waals surface area contributed by atoms with Gasteiger partial charge in [-0.3, -0.25) is 9.59 Å². The van der Waals surface area contributed by atoms with Gasteiger partial charge in [0.1, 0.15) is 18.8 Å². The number of carboxylic acids is 2. The van der Waals surface area contributed by atoms with Crippen molar-refractivity contribution in [3.05, 3.63) is 24.3 Å². The van der Waals surface area contributed by atoms with Gasteiger partial charge in [-0.05, 0) is 12.1 Å². The van der Waals surface area contributed by atoms with Crippen LogP contribution in [0.15, 0.2) is 29.2 Å². The number of benzene rings is 1. The molecule has 8 nitrogen and oxygen atoms in total. The van der Waals surface area contributed by atoms with Crippen LogP contribution in [0.3, 0.4) is 0 Å². The molecule has 0 saturated heterocycles. The van der Waals surface area contributed by atoms with Crippen LogP contribution in [-0.2, 0) is 19.6 Å². The smallest absolute Gasteiger partial charge is 0.318 e. The first-order valence-corrected chi connectivity index (χ1v) is 6.79. The molecule has 9 heteroatoms. The van der Waals surface area contributed by atoms with Crippen LogP contribution in [0.25, 0.3) is 0 Å². The number of ether oxygens (including phenoxy) is 1. The third-order valence-electron chi connectivity index (χ3n) is 2.30. The Balaban J connectivity index is 3.20. The molecule has 1 rings (SSSR count). The standard InChI is InChI=1S/C11H13NO7S/c1-19-8-3-2-4-9(5-8)20(17,18)12(6-10(13)14)7-11(15)16/h2-5H,6-7H2,1H3,(H,13,14)(H,15,16). The highest BCUT2D eigenvalue weighted by Crippen LogP contribution is 2.20. The lowest BCUT2D eigenvalue weighted by Crippen LogP contribution is -2.39. The van der Waals surface area contributed by atoms with E-state index in [2.05, 4.69) is 0 Å². The fraction of sp³-hybridized carbons (Fsp3) is 0.273. The molecule has 2 N–H and O–H groups in total. The van der Waals surface area contributed by atoms with Gasteiger partial charge in [0, 0.05) is 6.07 Å². The zero-order valence-electron chi connectivity index (χ0n) is 10.5. The lowest BCUT2D eigenvalue weighted by Gasteiger charge is -2.18. The molecule has 0 saturated carbocycles. The largest absolute Gasteiger partial charge is 0.497 e. The Morgan fingerprint density at radius 2 is 1.75 bits per heavy atom. The molecule has 0 aliphatic rings. The number of aliphatic carboxylic acids is 2. The van der Waals surface area contributed by atoms with Crippen molar-refractivity contribution in [2.75, 3.05) is 20.2 Å². The number of methoxy groups -OCH3 is 1. The third-order valence-corrected chi connectivity index (χ3v) is 4.09. The molecule has 1 aromatic carbocycles. The molecule has 0 fully saturated rings. The van der Waals surface area contributed by atoms with Gasteiger partial charge in [-0.15, -0.1) is 0 Å². The quantitative estimate of drug-likeness (QED) is 0.718. The van der Waals surface area contributed by atoms with Crippen LogP contribution in [0.1, 0.15) is 0 Å². The van der Waals surface area contributed by atoms with E-state index < -0.39 is 35.1 Å². The van der Waals surface area contributed by atoms with Gasteiger partial charge in [-0.1, -0.05) is 6.07 Å². The SMILES string of the molecule is COc1cccc(S(=O)(=O)N(CC(=O)O)CC(=O)O)c1. The average Bonchev–Trinajstić information content (AvgIpc) is 2.37. The summed E-state index contributed by atoms with van der Waals surface area (Å²) in [5.41, 5.74) is 0. The summed E-state index contributed by atoms with van der Waals surface area (Å²) in [6.45, 7) is -1.88. The predicted molar refractivity (Wildman–Crippen MR) is 67.0 cm³/mol. The third kappa shape index (κ3) is 3.93. The number of nitrogens with zero attached hydrogens (tertiary/aromatic N) is 1. The van der Waals surface area contributed by atoms with Gasteiger partial charge >= 0.3 is 11.9 Å². The molecule has 0 radical (unpaired) electrons.